The smallest absolute Gasteiger partial charge is 0.327 e. The fraction of sp³-hybridized carbons (Fsp3) is 0.714. The van der Waals surface area contributed by atoms with Crippen molar-refractivity contribution in [2.45, 2.75) is 43.8 Å². The molecule has 2 rings (SSSR count). The molecule has 20 heavy (non-hydrogen) atoms. The first kappa shape index (κ1) is 14.7. The summed E-state index contributed by atoms with van der Waals surface area (Å²) in [7, 11) is 2.10. The van der Waals surface area contributed by atoms with Crippen LogP contribution in [0.4, 0.5) is 4.79 Å². The molecule has 0 saturated carbocycles. The molecular weight excluding hydrogens is 258 g/mol. The molecule has 0 radical (unpaired) electrons. The van der Waals surface area contributed by atoms with E-state index in [0.717, 1.165) is 12.8 Å². The molecule has 0 spiro atoms. The van der Waals surface area contributed by atoms with Crippen molar-refractivity contribution in [1.29, 1.82) is 0 Å². The van der Waals surface area contributed by atoms with E-state index in [0.29, 0.717) is 25.2 Å². The zero-order valence-electron chi connectivity index (χ0n) is 11.7. The van der Waals surface area contributed by atoms with Crippen molar-refractivity contribution >= 4 is 12.0 Å². The molecule has 0 aliphatic carbocycles. The second-order valence-corrected chi connectivity index (χ2v) is 5.53. The third kappa shape index (κ3) is 3.05. The van der Waals surface area contributed by atoms with Gasteiger partial charge < -0.3 is 15.3 Å². The molecule has 0 aromatic carbocycles. The highest BCUT2D eigenvalue weighted by Crippen LogP contribution is 2.28. The average Bonchev–Trinajstić information content (AvgIpc) is 2.62. The normalized spacial score (nSPS) is 27.5. The van der Waals surface area contributed by atoms with Crippen molar-refractivity contribution in [2.24, 2.45) is 0 Å². The van der Waals surface area contributed by atoms with Crippen molar-refractivity contribution in [2.75, 3.05) is 20.1 Å². The predicted molar refractivity (Wildman–Crippen MR) is 74.2 cm³/mol. The number of carboxylic acid groups (broad SMARTS) is 1. The van der Waals surface area contributed by atoms with E-state index in [1.165, 1.54) is 6.42 Å². The van der Waals surface area contributed by atoms with Crippen molar-refractivity contribution in [3.63, 3.8) is 0 Å². The van der Waals surface area contributed by atoms with Gasteiger partial charge in [0.15, 0.2) is 0 Å². The number of urea groups is 1. The van der Waals surface area contributed by atoms with Crippen LogP contribution in [0.3, 0.4) is 0 Å². The number of hydrogen-bond donors (Lipinski definition) is 2. The molecule has 2 fully saturated rings. The van der Waals surface area contributed by atoms with E-state index in [4.69, 9.17) is 11.5 Å². The monoisotopic (exact) mass is 279 g/mol. The number of carboxylic acids is 1. The number of aliphatic carboxylic acids is 1. The van der Waals surface area contributed by atoms with Crippen LogP contribution >= 0.6 is 0 Å². The maximum absolute atomic E-state index is 12.2. The van der Waals surface area contributed by atoms with Crippen LogP contribution < -0.4 is 5.32 Å². The van der Waals surface area contributed by atoms with Crippen LogP contribution in [0.25, 0.3) is 0 Å². The van der Waals surface area contributed by atoms with Gasteiger partial charge in [0.05, 0.1) is 0 Å². The molecule has 2 aliphatic rings. The lowest BCUT2D eigenvalue weighted by Crippen LogP contribution is -2.50. The Balaban J connectivity index is 1.96. The number of fused-ring (bicyclic) bond motifs is 2. The average molecular weight is 279 g/mol. The SMILES string of the molecule is C#CCC(NC(=O)N1CCC2CCC(C1)N2C)C(=O)O. The number of hydrogen-bond acceptors (Lipinski definition) is 3. The zero-order valence-corrected chi connectivity index (χ0v) is 11.7. The molecular formula is C14H21N3O3. The van der Waals surface area contributed by atoms with Crippen molar-refractivity contribution in [3.8, 4) is 12.3 Å². The van der Waals surface area contributed by atoms with Crippen LogP contribution in [0.15, 0.2) is 0 Å². The molecule has 3 atom stereocenters. The molecule has 0 aromatic heterocycles. The van der Waals surface area contributed by atoms with Gasteiger partial charge in [0.2, 0.25) is 0 Å². The summed E-state index contributed by atoms with van der Waals surface area (Å²) in [5.41, 5.74) is 0. The second-order valence-electron chi connectivity index (χ2n) is 5.53. The van der Waals surface area contributed by atoms with E-state index < -0.39 is 12.0 Å². The molecule has 2 N–H and O–H groups in total. The van der Waals surface area contributed by atoms with Gasteiger partial charge in [0.25, 0.3) is 0 Å². The summed E-state index contributed by atoms with van der Waals surface area (Å²) in [6, 6.07) is -0.415. The number of nitrogens with zero attached hydrogens (tertiary/aromatic N) is 2. The molecule has 110 valence electrons. The Hall–Kier alpha value is -1.74. The summed E-state index contributed by atoms with van der Waals surface area (Å²) < 4.78 is 0. The first-order valence-electron chi connectivity index (χ1n) is 6.96. The third-order valence-electron chi connectivity index (χ3n) is 4.35. The standard InChI is InChI=1S/C14H21N3O3/c1-3-4-12(13(18)19)15-14(20)17-8-7-10-5-6-11(9-17)16(10)2/h1,10-12H,4-9H2,2H3,(H,15,20)(H,18,19). The number of amides is 2. The highest BCUT2D eigenvalue weighted by Gasteiger charge is 2.36. The highest BCUT2D eigenvalue weighted by molar-refractivity contribution is 5.82. The Morgan fingerprint density at radius 3 is 2.75 bits per heavy atom. The van der Waals surface area contributed by atoms with E-state index in [1.54, 1.807) is 4.90 Å². The molecule has 6 heteroatoms. The van der Waals surface area contributed by atoms with Gasteiger partial charge in [0.1, 0.15) is 6.04 Å². The first-order valence-corrected chi connectivity index (χ1v) is 6.96. The van der Waals surface area contributed by atoms with Crippen LogP contribution in [0.2, 0.25) is 0 Å². The quantitative estimate of drug-likeness (QED) is 0.731. The Kier molecular flexibility index (Phi) is 4.50. The van der Waals surface area contributed by atoms with Gasteiger partial charge in [-0.05, 0) is 26.3 Å². The van der Waals surface area contributed by atoms with Gasteiger partial charge in [0, 0.05) is 31.6 Å². The minimum absolute atomic E-state index is 0.000863. The molecule has 2 heterocycles. The van der Waals surface area contributed by atoms with Crippen molar-refractivity contribution in [3.05, 3.63) is 0 Å². The molecule has 2 amide bonds. The number of terminal acetylenes is 1. The number of carbonyl (C=O) groups is 2. The largest absolute Gasteiger partial charge is 0.480 e. The number of likely N-dealkylation sites (tertiary alicyclic amines) is 1. The molecule has 0 aromatic rings. The van der Waals surface area contributed by atoms with E-state index in [-0.39, 0.29) is 12.5 Å². The van der Waals surface area contributed by atoms with Crippen LogP contribution in [0.1, 0.15) is 25.7 Å². The number of carbonyl (C=O) groups excluding carboxylic acids is 1. The summed E-state index contributed by atoms with van der Waals surface area (Å²) in [6.07, 6.45) is 8.35. The topological polar surface area (TPSA) is 72.9 Å². The summed E-state index contributed by atoms with van der Waals surface area (Å²) >= 11 is 0. The number of likely N-dealkylation sites (N-methyl/N-ethyl adjacent to an activating group) is 1. The minimum atomic E-state index is -1.09. The maximum atomic E-state index is 12.2. The van der Waals surface area contributed by atoms with Crippen LogP contribution in [-0.2, 0) is 4.79 Å². The van der Waals surface area contributed by atoms with E-state index >= 15 is 0 Å². The maximum Gasteiger partial charge on any atom is 0.327 e. The molecule has 3 unspecified atom stereocenters. The van der Waals surface area contributed by atoms with Gasteiger partial charge in [-0.2, -0.15) is 0 Å². The molecule has 2 saturated heterocycles. The van der Waals surface area contributed by atoms with Gasteiger partial charge in [-0.1, -0.05) is 0 Å². The van der Waals surface area contributed by atoms with Gasteiger partial charge in [-0.3, -0.25) is 4.90 Å². The third-order valence-corrected chi connectivity index (χ3v) is 4.35. The fourth-order valence-electron chi connectivity index (χ4n) is 3.05. The minimum Gasteiger partial charge on any atom is -0.480 e. The lowest BCUT2D eigenvalue weighted by Gasteiger charge is -2.27. The van der Waals surface area contributed by atoms with Crippen LogP contribution in [0.5, 0.6) is 0 Å². The summed E-state index contributed by atoms with van der Waals surface area (Å²) in [5, 5.41) is 11.5. The van der Waals surface area contributed by atoms with E-state index in [9.17, 15) is 9.59 Å². The lowest BCUT2D eigenvalue weighted by molar-refractivity contribution is -0.139. The van der Waals surface area contributed by atoms with E-state index in [2.05, 4.69) is 23.2 Å². The molecule has 2 aliphatic heterocycles. The highest BCUT2D eigenvalue weighted by atomic mass is 16.4. The predicted octanol–water partition coefficient (Wildman–Crippen LogP) is 0.341. The Morgan fingerprint density at radius 2 is 2.10 bits per heavy atom. The Morgan fingerprint density at radius 1 is 1.40 bits per heavy atom. The van der Waals surface area contributed by atoms with Crippen molar-refractivity contribution < 1.29 is 14.7 Å². The zero-order chi connectivity index (χ0) is 14.7. The van der Waals surface area contributed by atoms with Crippen LogP contribution in [0, 0.1) is 12.3 Å². The van der Waals surface area contributed by atoms with Gasteiger partial charge >= 0.3 is 12.0 Å². The summed E-state index contributed by atoms with van der Waals surface area (Å²) in [4.78, 5) is 27.3. The Labute approximate surface area is 119 Å². The molecule has 2 bridgehead atoms. The van der Waals surface area contributed by atoms with Crippen LogP contribution in [-0.4, -0.2) is 65.2 Å². The second kappa shape index (κ2) is 6.14. The first-order chi connectivity index (χ1) is 9.52. The number of rotatable bonds is 3. The summed E-state index contributed by atoms with van der Waals surface area (Å²) in [5.74, 6) is 1.19. The fourth-order valence-corrected chi connectivity index (χ4v) is 3.05. The van der Waals surface area contributed by atoms with Gasteiger partial charge in [-0.25, -0.2) is 9.59 Å². The molecule has 6 nitrogen and oxygen atoms in total. The summed E-state index contributed by atoms with van der Waals surface area (Å²) in [6.45, 7) is 1.32. The Bertz CT molecular complexity index is 432. The lowest BCUT2D eigenvalue weighted by atomic mass is 10.1. The van der Waals surface area contributed by atoms with Gasteiger partial charge in [-0.15, -0.1) is 12.3 Å². The number of nitrogens with one attached hydrogen (secondary N) is 1. The van der Waals surface area contributed by atoms with Crippen molar-refractivity contribution in [1.82, 2.24) is 15.1 Å². The van der Waals surface area contributed by atoms with E-state index in [1.807, 2.05) is 0 Å².